The number of nitro benzene ring substituents is 1. The van der Waals surface area contributed by atoms with Crippen LogP contribution in [0.1, 0.15) is 16.7 Å². The molecule has 0 aliphatic heterocycles. The van der Waals surface area contributed by atoms with E-state index in [9.17, 15) is 14.9 Å². The number of ether oxygens (including phenoxy) is 1. The average Bonchev–Trinajstić information content (AvgIpc) is 2.61. The molecule has 2 aromatic carbocycles. The standard InChI is InChI=1S/C19H19ClN2O4/c1-13-3-7-18(26-2)15(11-13)9-10-21-19(23)8-5-14-4-6-16(20)17(12-14)22(24)25/h3-8,11-12H,9-10H2,1-2H3,(H,21,23)/b8-5+. The first kappa shape index (κ1) is 19.5. The maximum atomic E-state index is 11.9. The number of hydrogen-bond donors (Lipinski definition) is 1. The summed E-state index contributed by atoms with van der Waals surface area (Å²) >= 11 is 5.76. The van der Waals surface area contributed by atoms with E-state index in [0.717, 1.165) is 16.9 Å². The van der Waals surface area contributed by atoms with Crippen molar-refractivity contribution < 1.29 is 14.5 Å². The van der Waals surface area contributed by atoms with Crippen LogP contribution in [-0.4, -0.2) is 24.5 Å². The number of halogens is 1. The minimum atomic E-state index is -0.561. The Morgan fingerprint density at radius 2 is 2.08 bits per heavy atom. The van der Waals surface area contributed by atoms with Gasteiger partial charge in [-0.15, -0.1) is 0 Å². The lowest BCUT2D eigenvalue weighted by atomic mass is 10.1. The molecule has 2 aromatic rings. The third-order valence-electron chi connectivity index (χ3n) is 3.72. The Hall–Kier alpha value is -2.86. The molecular formula is C19H19ClN2O4. The number of carbonyl (C=O) groups is 1. The van der Waals surface area contributed by atoms with E-state index in [1.807, 2.05) is 25.1 Å². The second-order valence-electron chi connectivity index (χ2n) is 5.66. The van der Waals surface area contributed by atoms with Crippen molar-refractivity contribution >= 4 is 29.3 Å². The van der Waals surface area contributed by atoms with E-state index in [-0.39, 0.29) is 16.6 Å². The Bertz CT molecular complexity index is 849. The van der Waals surface area contributed by atoms with Gasteiger partial charge in [0.1, 0.15) is 10.8 Å². The molecular weight excluding hydrogens is 356 g/mol. The normalized spacial score (nSPS) is 10.7. The minimum Gasteiger partial charge on any atom is -0.496 e. The van der Waals surface area contributed by atoms with E-state index in [1.165, 1.54) is 24.3 Å². The monoisotopic (exact) mass is 374 g/mol. The predicted molar refractivity (Wildman–Crippen MR) is 102 cm³/mol. The molecule has 7 heteroatoms. The van der Waals surface area contributed by atoms with Crippen molar-refractivity contribution in [3.05, 3.63) is 74.3 Å². The Labute approximate surface area is 156 Å². The van der Waals surface area contributed by atoms with E-state index in [2.05, 4.69) is 5.32 Å². The summed E-state index contributed by atoms with van der Waals surface area (Å²) in [5.74, 6) is 0.503. The minimum absolute atomic E-state index is 0.0590. The van der Waals surface area contributed by atoms with Crippen LogP contribution in [-0.2, 0) is 11.2 Å². The molecule has 1 amide bonds. The van der Waals surface area contributed by atoms with Crippen molar-refractivity contribution in [2.45, 2.75) is 13.3 Å². The number of aryl methyl sites for hydroxylation is 1. The fourth-order valence-electron chi connectivity index (χ4n) is 2.43. The van der Waals surface area contributed by atoms with E-state index in [0.29, 0.717) is 18.5 Å². The van der Waals surface area contributed by atoms with Gasteiger partial charge in [0.15, 0.2) is 0 Å². The van der Waals surface area contributed by atoms with E-state index in [4.69, 9.17) is 16.3 Å². The van der Waals surface area contributed by atoms with E-state index < -0.39 is 4.92 Å². The largest absolute Gasteiger partial charge is 0.496 e. The summed E-state index contributed by atoms with van der Waals surface area (Å²) in [6.07, 6.45) is 3.48. The van der Waals surface area contributed by atoms with Crippen LogP contribution in [0.3, 0.4) is 0 Å². The Morgan fingerprint density at radius 3 is 2.77 bits per heavy atom. The maximum Gasteiger partial charge on any atom is 0.288 e. The summed E-state index contributed by atoms with van der Waals surface area (Å²) in [7, 11) is 1.61. The molecule has 6 nitrogen and oxygen atoms in total. The number of nitro groups is 1. The molecule has 0 radical (unpaired) electrons. The second kappa shape index (κ2) is 9.01. The molecule has 0 saturated heterocycles. The Balaban J connectivity index is 1.93. The van der Waals surface area contributed by atoms with Gasteiger partial charge < -0.3 is 10.1 Å². The molecule has 0 aromatic heterocycles. The van der Waals surface area contributed by atoms with Crippen molar-refractivity contribution in [1.29, 1.82) is 0 Å². The highest BCUT2D eigenvalue weighted by atomic mass is 35.5. The summed E-state index contributed by atoms with van der Waals surface area (Å²) in [5.41, 5.74) is 2.47. The van der Waals surface area contributed by atoms with Crippen LogP contribution < -0.4 is 10.1 Å². The van der Waals surface area contributed by atoms with Crippen LogP contribution >= 0.6 is 11.6 Å². The number of carbonyl (C=O) groups excluding carboxylic acids is 1. The number of benzene rings is 2. The molecule has 0 bridgehead atoms. The molecule has 26 heavy (non-hydrogen) atoms. The van der Waals surface area contributed by atoms with Gasteiger partial charge in [-0.1, -0.05) is 35.4 Å². The molecule has 0 heterocycles. The summed E-state index contributed by atoms with van der Waals surface area (Å²) in [4.78, 5) is 22.2. The Kier molecular flexibility index (Phi) is 6.74. The summed E-state index contributed by atoms with van der Waals surface area (Å²) in [5, 5.41) is 13.7. The zero-order valence-electron chi connectivity index (χ0n) is 14.5. The van der Waals surface area contributed by atoms with Gasteiger partial charge >= 0.3 is 0 Å². The smallest absolute Gasteiger partial charge is 0.288 e. The van der Waals surface area contributed by atoms with Gasteiger partial charge in [0.2, 0.25) is 5.91 Å². The fourth-order valence-corrected chi connectivity index (χ4v) is 2.61. The molecule has 0 fully saturated rings. The summed E-state index contributed by atoms with van der Waals surface area (Å²) in [6, 6.07) is 10.3. The lowest BCUT2D eigenvalue weighted by Gasteiger charge is -2.09. The molecule has 0 aliphatic rings. The zero-order valence-corrected chi connectivity index (χ0v) is 15.2. The van der Waals surface area contributed by atoms with Crippen molar-refractivity contribution in [3.8, 4) is 5.75 Å². The SMILES string of the molecule is COc1ccc(C)cc1CCNC(=O)/C=C/c1ccc(Cl)c([N+](=O)[O-])c1. The van der Waals surface area contributed by atoms with E-state index in [1.54, 1.807) is 13.2 Å². The number of nitrogens with one attached hydrogen (secondary N) is 1. The average molecular weight is 375 g/mol. The topological polar surface area (TPSA) is 81.5 Å². The van der Waals surface area contributed by atoms with Crippen LogP contribution in [0.25, 0.3) is 6.08 Å². The van der Waals surface area contributed by atoms with Gasteiger partial charge in [-0.2, -0.15) is 0 Å². The van der Waals surface area contributed by atoms with Crippen molar-refractivity contribution in [1.82, 2.24) is 5.32 Å². The molecule has 2 rings (SSSR count). The van der Waals surface area contributed by atoms with E-state index >= 15 is 0 Å². The molecule has 0 unspecified atom stereocenters. The molecule has 0 aliphatic carbocycles. The van der Waals surface area contributed by atoms with Crippen LogP contribution in [0, 0.1) is 17.0 Å². The first-order chi connectivity index (χ1) is 12.4. The predicted octanol–water partition coefficient (Wildman–Crippen LogP) is 3.94. The maximum absolute atomic E-state index is 11.9. The van der Waals surface area contributed by atoms with Crippen LogP contribution in [0.2, 0.25) is 5.02 Å². The number of hydrogen-bond acceptors (Lipinski definition) is 4. The first-order valence-electron chi connectivity index (χ1n) is 7.94. The van der Waals surface area contributed by atoms with Gasteiger partial charge in [-0.05, 0) is 42.7 Å². The van der Waals surface area contributed by atoms with Crippen molar-refractivity contribution in [2.75, 3.05) is 13.7 Å². The number of methoxy groups -OCH3 is 1. The first-order valence-corrected chi connectivity index (χ1v) is 8.32. The third-order valence-corrected chi connectivity index (χ3v) is 4.04. The van der Waals surface area contributed by atoms with Gasteiger partial charge in [-0.25, -0.2) is 0 Å². The van der Waals surface area contributed by atoms with Crippen LogP contribution in [0.4, 0.5) is 5.69 Å². The highest BCUT2D eigenvalue weighted by Crippen LogP contribution is 2.25. The number of amides is 1. The molecule has 1 N–H and O–H groups in total. The quantitative estimate of drug-likeness (QED) is 0.452. The van der Waals surface area contributed by atoms with Crippen LogP contribution in [0.5, 0.6) is 5.75 Å². The second-order valence-corrected chi connectivity index (χ2v) is 6.06. The van der Waals surface area contributed by atoms with Crippen LogP contribution in [0.15, 0.2) is 42.5 Å². The highest BCUT2D eigenvalue weighted by Gasteiger charge is 2.11. The van der Waals surface area contributed by atoms with Crippen molar-refractivity contribution in [3.63, 3.8) is 0 Å². The third kappa shape index (κ3) is 5.32. The van der Waals surface area contributed by atoms with Gasteiger partial charge in [0, 0.05) is 18.7 Å². The summed E-state index contributed by atoms with van der Waals surface area (Å²) < 4.78 is 5.31. The Morgan fingerprint density at radius 1 is 1.31 bits per heavy atom. The lowest BCUT2D eigenvalue weighted by Crippen LogP contribution is -2.23. The highest BCUT2D eigenvalue weighted by molar-refractivity contribution is 6.32. The lowest BCUT2D eigenvalue weighted by molar-refractivity contribution is -0.384. The van der Waals surface area contributed by atoms with Gasteiger partial charge in [-0.3, -0.25) is 14.9 Å². The molecule has 0 atom stereocenters. The molecule has 136 valence electrons. The van der Waals surface area contributed by atoms with Crippen molar-refractivity contribution in [2.24, 2.45) is 0 Å². The zero-order chi connectivity index (χ0) is 19.1. The summed E-state index contributed by atoms with van der Waals surface area (Å²) in [6.45, 7) is 2.44. The number of nitrogens with zero attached hydrogens (tertiary/aromatic N) is 1. The molecule has 0 spiro atoms. The molecule has 0 saturated carbocycles. The number of rotatable bonds is 7. The van der Waals surface area contributed by atoms with Gasteiger partial charge in [0.05, 0.1) is 12.0 Å². The fraction of sp³-hybridized carbons (Fsp3) is 0.211. The van der Waals surface area contributed by atoms with Gasteiger partial charge in [0.25, 0.3) is 5.69 Å².